The van der Waals surface area contributed by atoms with Crippen LogP contribution in [0, 0.1) is 29.1 Å². The van der Waals surface area contributed by atoms with Crippen molar-refractivity contribution in [3.8, 4) is 0 Å². The van der Waals surface area contributed by atoms with Crippen molar-refractivity contribution in [2.75, 3.05) is 20.1 Å². The van der Waals surface area contributed by atoms with E-state index in [1.807, 2.05) is 11.9 Å². The first-order valence-corrected chi connectivity index (χ1v) is 8.44. The van der Waals surface area contributed by atoms with Gasteiger partial charge in [-0.15, -0.1) is 0 Å². The summed E-state index contributed by atoms with van der Waals surface area (Å²) in [5.41, 5.74) is 6.04. The SMILES string of the molecule is CC(CN)CN(C)C(=O)CC12CC3CC(CC(C3)C1)C2. The minimum Gasteiger partial charge on any atom is -0.345 e. The molecule has 4 fully saturated rings. The summed E-state index contributed by atoms with van der Waals surface area (Å²) in [6, 6.07) is 0. The van der Waals surface area contributed by atoms with Gasteiger partial charge in [-0.3, -0.25) is 4.79 Å². The third-order valence-corrected chi connectivity index (χ3v) is 6.10. The molecule has 4 aliphatic carbocycles. The Bertz CT molecular complexity index is 344. The molecule has 0 spiro atoms. The van der Waals surface area contributed by atoms with Crippen molar-refractivity contribution in [3.63, 3.8) is 0 Å². The van der Waals surface area contributed by atoms with Crippen molar-refractivity contribution in [2.24, 2.45) is 34.8 Å². The monoisotopic (exact) mass is 278 g/mol. The van der Waals surface area contributed by atoms with Crippen LogP contribution in [0.2, 0.25) is 0 Å². The van der Waals surface area contributed by atoms with Crippen LogP contribution in [0.4, 0.5) is 0 Å². The van der Waals surface area contributed by atoms with Crippen LogP contribution in [0.3, 0.4) is 0 Å². The Morgan fingerprint density at radius 1 is 1.20 bits per heavy atom. The van der Waals surface area contributed by atoms with Gasteiger partial charge in [0.15, 0.2) is 0 Å². The van der Waals surface area contributed by atoms with Gasteiger partial charge in [0.25, 0.3) is 0 Å². The molecule has 2 N–H and O–H groups in total. The highest BCUT2D eigenvalue weighted by molar-refractivity contribution is 5.76. The van der Waals surface area contributed by atoms with Crippen molar-refractivity contribution in [1.82, 2.24) is 4.90 Å². The fourth-order valence-electron chi connectivity index (χ4n) is 5.61. The minimum atomic E-state index is 0.354. The van der Waals surface area contributed by atoms with Gasteiger partial charge < -0.3 is 10.6 Å². The molecular formula is C17H30N2O. The third kappa shape index (κ3) is 2.74. The molecule has 114 valence electrons. The summed E-state index contributed by atoms with van der Waals surface area (Å²) in [5, 5.41) is 0. The van der Waals surface area contributed by atoms with Crippen LogP contribution in [0.5, 0.6) is 0 Å². The first-order chi connectivity index (χ1) is 9.49. The Morgan fingerprint density at radius 2 is 1.70 bits per heavy atom. The fraction of sp³-hybridized carbons (Fsp3) is 0.941. The normalized spacial score (nSPS) is 39.9. The van der Waals surface area contributed by atoms with Gasteiger partial charge in [0.1, 0.15) is 0 Å². The van der Waals surface area contributed by atoms with Gasteiger partial charge in [0.05, 0.1) is 0 Å². The number of rotatable bonds is 5. The Kier molecular flexibility index (Phi) is 3.83. The first kappa shape index (κ1) is 14.4. The molecule has 0 saturated heterocycles. The molecule has 1 amide bonds. The lowest BCUT2D eigenvalue weighted by molar-refractivity contribution is -0.138. The Labute approximate surface area is 123 Å². The fourth-order valence-corrected chi connectivity index (χ4v) is 5.61. The van der Waals surface area contributed by atoms with E-state index in [4.69, 9.17) is 5.73 Å². The van der Waals surface area contributed by atoms with Crippen molar-refractivity contribution >= 4 is 5.91 Å². The van der Waals surface area contributed by atoms with Crippen molar-refractivity contribution in [2.45, 2.75) is 51.9 Å². The number of amides is 1. The highest BCUT2D eigenvalue weighted by Gasteiger charge is 2.51. The number of nitrogens with two attached hydrogens (primary N) is 1. The van der Waals surface area contributed by atoms with Gasteiger partial charge >= 0.3 is 0 Å². The van der Waals surface area contributed by atoms with E-state index in [9.17, 15) is 4.79 Å². The topological polar surface area (TPSA) is 46.3 Å². The molecule has 0 radical (unpaired) electrons. The maximum atomic E-state index is 12.6. The van der Waals surface area contributed by atoms with E-state index in [2.05, 4.69) is 6.92 Å². The van der Waals surface area contributed by atoms with Crippen LogP contribution in [0.1, 0.15) is 51.9 Å². The van der Waals surface area contributed by atoms with E-state index in [1.54, 1.807) is 0 Å². The third-order valence-electron chi connectivity index (χ3n) is 6.10. The van der Waals surface area contributed by atoms with Crippen molar-refractivity contribution < 1.29 is 4.79 Å². The van der Waals surface area contributed by atoms with E-state index in [1.165, 1.54) is 38.5 Å². The molecule has 3 nitrogen and oxygen atoms in total. The molecule has 4 saturated carbocycles. The Balaban J connectivity index is 1.61. The summed E-state index contributed by atoms with van der Waals surface area (Å²) < 4.78 is 0. The zero-order valence-electron chi connectivity index (χ0n) is 13.1. The highest BCUT2D eigenvalue weighted by atomic mass is 16.2. The second-order valence-electron chi connectivity index (χ2n) is 8.21. The number of nitrogens with zero attached hydrogens (tertiary/aromatic N) is 1. The molecule has 1 unspecified atom stereocenters. The average Bonchev–Trinajstić information content (AvgIpc) is 2.36. The smallest absolute Gasteiger partial charge is 0.222 e. The van der Waals surface area contributed by atoms with E-state index in [0.29, 0.717) is 23.8 Å². The van der Waals surface area contributed by atoms with Crippen LogP contribution < -0.4 is 5.73 Å². The highest BCUT2D eigenvalue weighted by Crippen LogP contribution is 2.61. The molecule has 3 heteroatoms. The number of hydrogen-bond acceptors (Lipinski definition) is 2. The van der Waals surface area contributed by atoms with E-state index in [-0.39, 0.29) is 0 Å². The number of carbonyl (C=O) groups excluding carboxylic acids is 1. The molecule has 1 atom stereocenters. The summed E-state index contributed by atoms with van der Waals surface area (Å²) in [6.07, 6.45) is 9.12. The summed E-state index contributed by atoms with van der Waals surface area (Å²) >= 11 is 0. The lowest BCUT2D eigenvalue weighted by Crippen LogP contribution is -2.48. The standard InChI is InChI=1S/C17H30N2O/c1-12(10-18)11-19(2)16(20)9-17-6-13-3-14(7-17)5-15(4-13)8-17/h12-15H,3-11,18H2,1-2H3. The van der Waals surface area contributed by atoms with E-state index < -0.39 is 0 Å². The Hall–Kier alpha value is -0.570. The molecule has 0 aromatic heterocycles. The summed E-state index contributed by atoms with van der Waals surface area (Å²) in [6.45, 7) is 3.59. The summed E-state index contributed by atoms with van der Waals surface area (Å²) in [7, 11) is 1.95. The predicted molar refractivity (Wildman–Crippen MR) is 81.1 cm³/mol. The van der Waals surface area contributed by atoms with Crippen LogP contribution in [-0.2, 0) is 4.79 Å². The molecule has 0 aliphatic heterocycles. The van der Waals surface area contributed by atoms with Gasteiger partial charge in [-0.1, -0.05) is 6.92 Å². The van der Waals surface area contributed by atoms with Gasteiger partial charge in [-0.2, -0.15) is 0 Å². The van der Waals surface area contributed by atoms with Crippen molar-refractivity contribution in [1.29, 1.82) is 0 Å². The predicted octanol–water partition coefficient (Wildman–Crippen LogP) is 2.65. The number of carbonyl (C=O) groups is 1. The lowest BCUT2D eigenvalue weighted by atomic mass is 9.49. The van der Waals surface area contributed by atoms with Crippen molar-refractivity contribution in [3.05, 3.63) is 0 Å². The van der Waals surface area contributed by atoms with Gasteiger partial charge in [-0.05, 0) is 74.2 Å². The second-order valence-corrected chi connectivity index (χ2v) is 8.21. The summed E-state index contributed by atoms with van der Waals surface area (Å²) in [5.74, 6) is 3.56. The molecule has 4 aliphatic rings. The van der Waals surface area contributed by atoms with E-state index >= 15 is 0 Å². The van der Waals surface area contributed by atoms with Crippen LogP contribution in [-0.4, -0.2) is 30.9 Å². The van der Waals surface area contributed by atoms with E-state index in [0.717, 1.165) is 30.7 Å². The minimum absolute atomic E-state index is 0.354. The average molecular weight is 278 g/mol. The zero-order chi connectivity index (χ0) is 14.3. The first-order valence-electron chi connectivity index (χ1n) is 8.44. The molecule has 0 aromatic rings. The van der Waals surface area contributed by atoms with Gasteiger partial charge in [-0.25, -0.2) is 0 Å². The Morgan fingerprint density at radius 3 is 2.15 bits per heavy atom. The second kappa shape index (κ2) is 5.32. The zero-order valence-corrected chi connectivity index (χ0v) is 13.1. The molecule has 20 heavy (non-hydrogen) atoms. The molecule has 0 aromatic carbocycles. The van der Waals surface area contributed by atoms with Gasteiger partial charge in [0, 0.05) is 20.0 Å². The maximum absolute atomic E-state index is 12.6. The van der Waals surface area contributed by atoms with Crippen LogP contribution in [0.15, 0.2) is 0 Å². The van der Waals surface area contributed by atoms with Crippen LogP contribution >= 0.6 is 0 Å². The molecule has 4 rings (SSSR count). The molecular weight excluding hydrogens is 248 g/mol. The molecule has 4 bridgehead atoms. The number of hydrogen-bond donors (Lipinski definition) is 1. The van der Waals surface area contributed by atoms with Gasteiger partial charge in [0.2, 0.25) is 5.91 Å². The lowest BCUT2D eigenvalue weighted by Gasteiger charge is -2.57. The molecule has 0 heterocycles. The maximum Gasteiger partial charge on any atom is 0.222 e. The summed E-state index contributed by atoms with van der Waals surface area (Å²) in [4.78, 5) is 14.5. The largest absolute Gasteiger partial charge is 0.345 e. The quantitative estimate of drug-likeness (QED) is 0.840. The van der Waals surface area contributed by atoms with Crippen LogP contribution in [0.25, 0.3) is 0 Å².